The summed E-state index contributed by atoms with van der Waals surface area (Å²) in [5, 5.41) is 0. The first kappa shape index (κ1) is 12.8. The van der Waals surface area contributed by atoms with Crippen molar-refractivity contribution in [3.8, 4) is 0 Å². The first-order valence-electron chi connectivity index (χ1n) is 7.72. The topological polar surface area (TPSA) is 49.3 Å². The van der Waals surface area contributed by atoms with Crippen molar-refractivity contribution in [1.82, 2.24) is 14.9 Å². The lowest BCUT2D eigenvalue weighted by Gasteiger charge is -2.48. The molecule has 1 aromatic rings. The molecule has 1 aliphatic carbocycles. The van der Waals surface area contributed by atoms with Crippen molar-refractivity contribution in [2.75, 3.05) is 31.1 Å². The summed E-state index contributed by atoms with van der Waals surface area (Å²) in [5.41, 5.74) is 0.279. The van der Waals surface area contributed by atoms with Gasteiger partial charge >= 0.3 is 0 Å². The van der Waals surface area contributed by atoms with E-state index in [0.29, 0.717) is 5.91 Å². The number of allylic oxidation sites excluding steroid dienone is 2. The van der Waals surface area contributed by atoms with Crippen LogP contribution in [0.15, 0.2) is 30.6 Å². The van der Waals surface area contributed by atoms with Crippen LogP contribution in [0.5, 0.6) is 0 Å². The molecular formula is C16H20N4O. The van der Waals surface area contributed by atoms with Gasteiger partial charge in [0.15, 0.2) is 0 Å². The van der Waals surface area contributed by atoms with E-state index in [1.807, 2.05) is 11.0 Å². The SMILES string of the molecule is O=C(C1CC=CC1)N1CC2(CCN(c3ncccn3)C2)C1. The number of likely N-dealkylation sites (tertiary alicyclic amines) is 1. The van der Waals surface area contributed by atoms with Crippen LogP contribution in [0.2, 0.25) is 0 Å². The molecule has 0 radical (unpaired) electrons. The molecule has 5 heteroatoms. The quantitative estimate of drug-likeness (QED) is 0.772. The second kappa shape index (κ2) is 4.83. The van der Waals surface area contributed by atoms with Gasteiger partial charge in [0.25, 0.3) is 0 Å². The maximum atomic E-state index is 12.4. The minimum absolute atomic E-state index is 0.206. The van der Waals surface area contributed by atoms with Gasteiger partial charge in [-0.15, -0.1) is 0 Å². The van der Waals surface area contributed by atoms with E-state index in [1.165, 1.54) is 0 Å². The smallest absolute Gasteiger partial charge is 0.226 e. The molecular weight excluding hydrogens is 264 g/mol. The molecule has 0 N–H and O–H groups in total. The van der Waals surface area contributed by atoms with Crippen LogP contribution in [-0.4, -0.2) is 47.0 Å². The van der Waals surface area contributed by atoms with Gasteiger partial charge in [0.2, 0.25) is 11.9 Å². The van der Waals surface area contributed by atoms with Crippen molar-refractivity contribution < 1.29 is 4.79 Å². The second-order valence-corrected chi connectivity index (χ2v) is 6.55. The van der Waals surface area contributed by atoms with Crippen LogP contribution in [0.25, 0.3) is 0 Å². The summed E-state index contributed by atoms with van der Waals surface area (Å²) in [7, 11) is 0. The lowest BCUT2D eigenvalue weighted by molar-refractivity contribution is -0.146. The lowest BCUT2D eigenvalue weighted by atomic mass is 9.78. The summed E-state index contributed by atoms with van der Waals surface area (Å²) in [5.74, 6) is 1.37. The normalized spacial score (nSPS) is 23.8. The number of carbonyl (C=O) groups excluding carboxylic acids is 1. The second-order valence-electron chi connectivity index (χ2n) is 6.55. The van der Waals surface area contributed by atoms with E-state index in [-0.39, 0.29) is 11.3 Å². The van der Waals surface area contributed by atoms with Crippen LogP contribution in [-0.2, 0) is 4.79 Å². The van der Waals surface area contributed by atoms with E-state index in [9.17, 15) is 4.79 Å². The standard InChI is InChI=1S/C16H20N4O/c21-14(13-4-1-2-5-13)20-11-16(12-20)6-9-19(10-16)15-17-7-3-8-18-15/h1-3,7-8,13H,4-6,9-12H2. The molecule has 3 aliphatic rings. The number of amides is 1. The Morgan fingerprint density at radius 2 is 1.86 bits per heavy atom. The molecule has 0 saturated carbocycles. The van der Waals surface area contributed by atoms with Crippen molar-refractivity contribution in [3.05, 3.63) is 30.6 Å². The first-order chi connectivity index (χ1) is 10.3. The summed E-state index contributed by atoms with van der Waals surface area (Å²) in [6.07, 6.45) is 10.8. The van der Waals surface area contributed by atoms with E-state index in [1.54, 1.807) is 12.4 Å². The maximum Gasteiger partial charge on any atom is 0.226 e. The van der Waals surface area contributed by atoms with E-state index in [0.717, 1.165) is 51.4 Å². The number of hydrogen-bond acceptors (Lipinski definition) is 4. The van der Waals surface area contributed by atoms with Crippen LogP contribution in [0.3, 0.4) is 0 Å². The van der Waals surface area contributed by atoms with Crippen LogP contribution in [0.1, 0.15) is 19.3 Å². The minimum atomic E-state index is 0.206. The number of rotatable bonds is 2. The van der Waals surface area contributed by atoms with Crippen LogP contribution in [0, 0.1) is 11.3 Å². The fraction of sp³-hybridized carbons (Fsp3) is 0.562. The molecule has 5 nitrogen and oxygen atoms in total. The average molecular weight is 284 g/mol. The Morgan fingerprint density at radius 3 is 2.57 bits per heavy atom. The van der Waals surface area contributed by atoms with Gasteiger partial charge in [0, 0.05) is 49.9 Å². The Labute approximate surface area is 124 Å². The summed E-state index contributed by atoms with van der Waals surface area (Å²) < 4.78 is 0. The number of carbonyl (C=O) groups is 1. The van der Waals surface area contributed by atoms with Gasteiger partial charge in [0.05, 0.1) is 0 Å². The van der Waals surface area contributed by atoms with Gasteiger partial charge < -0.3 is 9.80 Å². The largest absolute Gasteiger partial charge is 0.341 e. The Morgan fingerprint density at radius 1 is 1.14 bits per heavy atom. The zero-order chi connectivity index (χ0) is 14.3. The third kappa shape index (κ3) is 2.20. The van der Waals surface area contributed by atoms with E-state index in [2.05, 4.69) is 27.0 Å². The third-order valence-electron chi connectivity index (χ3n) is 4.99. The third-order valence-corrected chi connectivity index (χ3v) is 4.99. The zero-order valence-electron chi connectivity index (χ0n) is 12.1. The first-order valence-corrected chi connectivity index (χ1v) is 7.72. The molecule has 2 aliphatic heterocycles. The zero-order valence-corrected chi connectivity index (χ0v) is 12.1. The fourth-order valence-electron chi connectivity index (χ4n) is 3.81. The molecule has 0 bridgehead atoms. The average Bonchev–Trinajstić information content (AvgIpc) is 3.15. The predicted octanol–water partition coefficient (Wildman–Crippen LogP) is 1.48. The molecule has 2 fully saturated rings. The van der Waals surface area contributed by atoms with Gasteiger partial charge in [-0.1, -0.05) is 12.2 Å². The van der Waals surface area contributed by atoms with Gasteiger partial charge in [-0.3, -0.25) is 4.79 Å². The highest BCUT2D eigenvalue weighted by Gasteiger charge is 2.50. The van der Waals surface area contributed by atoms with Crippen molar-refractivity contribution in [2.24, 2.45) is 11.3 Å². The van der Waals surface area contributed by atoms with E-state index in [4.69, 9.17) is 0 Å². The number of anilines is 1. The van der Waals surface area contributed by atoms with Crippen molar-refractivity contribution in [1.29, 1.82) is 0 Å². The van der Waals surface area contributed by atoms with Crippen LogP contribution in [0.4, 0.5) is 5.95 Å². The minimum Gasteiger partial charge on any atom is -0.341 e. The molecule has 2 saturated heterocycles. The Bertz CT molecular complexity index is 557. The summed E-state index contributed by atoms with van der Waals surface area (Å²) in [6.45, 7) is 3.79. The van der Waals surface area contributed by atoms with Gasteiger partial charge in [-0.05, 0) is 25.3 Å². The fourth-order valence-corrected chi connectivity index (χ4v) is 3.81. The Kier molecular flexibility index (Phi) is 2.94. The molecule has 1 aromatic heterocycles. The molecule has 4 rings (SSSR count). The maximum absolute atomic E-state index is 12.4. The summed E-state index contributed by atoms with van der Waals surface area (Å²) in [6, 6.07) is 1.84. The van der Waals surface area contributed by atoms with Gasteiger partial charge in [-0.25, -0.2) is 9.97 Å². The van der Waals surface area contributed by atoms with Gasteiger partial charge in [0.1, 0.15) is 0 Å². The van der Waals surface area contributed by atoms with E-state index >= 15 is 0 Å². The highest BCUT2D eigenvalue weighted by atomic mass is 16.2. The number of hydrogen-bond donors (Lipinski definition) is 0. The monoisotopic (exact) mass is 284 g/mol. The predicted molar refractivity (Wildman–Crippen MR) is 79.7 cm³/mol. The van der Waals surface area contributed by atoms with Crippen molar-refractivity contribution in [2.45, 2.75) is 19.3 Å². The summed E-state index contributed by atoms with van der Waals surface area (Å²) in [4.78, 5) is 25.3. The van der Waals surface area contributed by atoms with Crippen LogP contribution < -0.4 is 4.90 Å². The molecule has 1 amide bonds. The molecule has 0 aromatic carbocycles. The molecule has 0 unspecified atom stereocenters. The Hall–Kier alpha value is -1.91. The number of aromatic nitrogens is 2. The summed E-state index contributed by atoms with van der Waals surface area (Å²) >= 11 is 0. The van der Waals surface area contributed by atoms with E-state index < -0.39 is 0 Å². The molecule has 21 heavy (non-hydrogen) atoms. The van der Waals surface area contributed by atoms with Crippen LogP contribution >= 0.6 is 0 Å². The highest BCUT2D eigenvalue weighted by Crippen LogP contribution is 2.41. The molecule has 1 spiro atoms. The highest BCUT2D eigenvalue weighted by molar-refractivity contribution is 5.80. The molecule has 110 valence electrons. The van der Waals surface area contributed by atoms with Crippen molar-refractivity contribution >= 4 is 11.9 Å². The van der Waals surface area contributed by atoms with Crippen molar-refractivity contribution in [3.63, 3.8) is 0 Å². The molecule has 0 atom stereocenters. The van der Waals surface area contributed by atoms with Gasteiger partial charge in [-0.2, -0.15) is 0 Å². The Balaban J connectivity index is 1.36. The lowest BCUT2D eigenvalue weighted by Crippen LogP contribution is -2.60. The molecule has 3 heterocycles. The number of nitrogens with zero attached hydrogens (tertiary/aromatic N) is 4.